The quantitative estimate of drug-likeness (QED) is 0.0946. The van der Waals surface area contributed by atoms with Crippen LogP contribution >= 0.6 is 17.0 Å². The van der Waals surface area contributed by atoms with Gasteiger partial charge in [-0.3, -0.25) is 0 Å². The van der Waals surface area contributed by atoms with Gasteiger partial charge in [-0.15, -0.1) is 74.6 Å². The molecule has 1 aliphatic rings. The van der Waals surface area contributed by atoms with Gasteiger partial charge in [0.15, 0.2) is 0 Å². The molecule has 0 N–H and O–H groups in total. The van der Waals surface area contributed by atoms with Gasteiger partial charge in [-0.1, -0.05) is 177 Å². The molecule has 0 atom stereocenters. The summed E-state index contributed by atoms with van der Waals surface area (Å²) in [5.74, 6) is 2.19. The average Bonchev–Trinajstić information content (AvgIpc) is 4.06. The first-order chi connectivity index (χ1) is 31.7. The van der Waals surface area contributed by atoms with E-state index in [9.17, 15) is 0 Å². The van der Waals surface area contributed by atoms with Gasteiger partial charge in [0.05, 0.1) is 9.52 Å². The average molecular weight is 1000 g/mol. The van der Waals surface area contributed by atoms with Gasteiger partial charge in [-0.25, -0.2) is 0 Å². The molecule has 2 radical (unpaired) electrons. The van der Waals surface area contributed by atoms with E-state index >= 15 is 0 Å². The molecule has 9 rings (SSSR count). The summed E-state index contributed by atoms with van der Waals surface area (Å²) in [6.45, 7) is 27.4. The molecule has 342 valence electrons. The molecule has 1 aliphatic heterocycles. The summed E-state index contributed by atoms with van der Waals surface area (Å²) in [5.41, 5.74) is 20.0. The van der Waals surface area contributed by atoms with Crippen LogP contribution in [0.25, 0.3) is 54.9 Å². The van der Waals surface area contributed by atoms with Crippen LogP contribution in [0.3, 0.4) is 0 Å². The number of rotatable bonds is 10. The Morgan fingerprint density at radius 1 is 0.500 bits per heavy atom. The van der Waals surface area contributed by atoms with E-state index in [2.05, 4.69) is 210 Å². The number of benzene rings is 6. The standard InChI is InChI=1S/2C25H31.C12H7Si.2ClH.Zr/c2*1-7-18-11-20-10-9-19(8-2)25(24(20)12-18)23-14-21(16(3)4)13-22(15-23)17(5)6;1-3-7-11-9(5-1)10-6-2-4-8-12(10)13-11;;;/h2*9-17H,7-8H2,1-6H3;1-7H;2*1H;/q3*-1;;;+2/p-2. The maximum absolute atomic E-state index is 4.93. The molecule has 4 heteroatoms. The van der Waals surface area contributed by atoms with Gasteiger partial charge in [0.1, 0.15) is 0 Å². The van der Waals surface area contributed by atoms with Crippen LogP contribution in [-0.2, 0) is 46.5 Å². The van der Waals surface area contributed by atoms with Gasteiger partial charge in [0, 0.05) is 0 Å². The zero-order valence-electron chi connectivity index (χ0n) is 41.5. The Bertz CT molecular complexity index is 2600. The van der Waals surface area contributed by atoms with E-state index in [-0.39, 0.29) is 0 Å². The third-order valence-electron chi connectivity index (χ3n) is 13.2. The zero-order valence-corrected chi connectivity index (χ0v) is 46.5. The van der Waals surface area contributed by atoms with Crippen molar-refractivity contribution in [1.82, 2.24) is 0 Å². The topological polar surface area (TPSA) is 0 Å². The van der Waals surface area contributed by atoms with Crippen molar-refractivity contribution in [3.8, 4) is 33.4 Å². The first-order valence-electron chi connectivity index (χ1n) is 24.3. The van der Waals surface area contributed by atoms with Crippen LogP contribution in [0.1, 0.15) is 151 Å². The van der Waals surface area contributed by atoms with E-state index in [1.165, 1.54) is 110 Å². The third-order valence-corrected chi connectivity index (χ3v) is 14.6. The summed E-state index contributed by atoms with van der Waals surface area (Å²) in [7, 11) is 10.7. The minimum atomic E-state index is -0.826. The molecule has 0 saturated heterocycles. The second-order valence-corrected chi connectivity index (χ2v) is 24.0. The largest absolute Gasteiger partial charge is 0.184 e. The van der Waals surface area contributed by atoms with Crippen LogP contribution in [0, 0.1) is 6.07 Å². The molecule has 0 fully saturated rings. The fourth-order valence-corrected chi connectivity index (χ4v) is 10.5. The SMILES string of the molecule is CCc1cc2c(-c3cc(C(C)C)cc(C(C)C)c3)c(CC)ccc2[cH-]1.CCc1cc2c(-c3cc(C(C)C)cc(C(C)C)c3)c(CC)ccc2[cH-]1.[Cl][Zr][Cl].[c-]1cccc2c1[Si]c1ccccc1-2. The van der Waals surface area contributed by atoms with Gasteiger partial charge in [0.25, 0.3) is 0 Å². The first-order valence-corrected chi connectivity index (χ1v) is 31.6. The van der Waals surface area contributed by atoms with E-state index < -0.39 is 20.8 Å². The van der Waals surface area contributed by atoms with Crippen molar-refractivity contribution in [3.63, 3.8) is 0 Å². The fourth-order valence-electron chi connectivity index (χ4n) is 9.16. The Kier molecular flexibility index (Phi) is 18.8. The summed E-state index contributed by atoms with van der Waals surface area (Å²) >= 11 is -0.826. The van der Waals surface area contributed by atoms with Crippen molar-refractivity contribution in [3.05, 3.63) is 178 Å². The van der Waals surface area contributed by atoms with Crippen LogP contribution in [-0.4, -0.2) is 9.52 Å². The number of hydrogen-bond donors (Lipinski definition) is 0. The molecule has 0 aliphatic carbocycles. The first kappa shape index (κ1) is 51.6. The maximum Gasteiger partial charge on any atom is 0.0920 e. The van der Waals surface area contributed by atoms with Crippen molar-refractivity contribution in [1.29, 1.82) is 0 Å². The Morgan fingerprint density at radius 3 is 1.30 bits per heavy atom. The predicted octanol–water partition coefficient (Wildman–Crippen LogP) is 17.7. The molecular formula is C62H69Cl2SiZr-3. The molecule has 1 heterocycles. The number of fused-ring (bicyclic) bond motifs is 5. The van der Waals surface area contributed by atoms with Gasteiger partial charge < -0.3 is 0 Å². The van der Waals surface area contributed by atoms with E-state index in [4.69, 9.17) is 17.0 Å². The fraction of sp³-hybridized carbons (Fsp3) is 0.323. The second kappa shape index (κ2) is 24.0. The predicted molar refractivity (Wildman–Crippen MR) is 291 cm³/mol. The van der Waals surface area contributed by atoms with E-state index in [1.54, 1.807) is 0 Å². The Labute approximate surface area is 419 Å². The van der Waals surface area contributed by atoms with E-state index in [0.29, 0.717) is 23.7 Å². The van der Waals surface area contributed by atoms with Crippen molar-refractivity contribution in [2.45, 2.75) is 132 Å². The van der Waals surface area contributed by atoms with Crippen LogP contribution in [0.15, 0.2) is 127 Å². The molecule has 0 bridgehead atoms. The Hall–Kier alpha value is -3.78. The molecule has 0 unspecified atom stereocenters. The summed E-state index contributed by atoms with van der Waals surface area (Å²) < 4.78 is 0. The summed E-state index contributed by atoms with van der Waals surface area (Å²) in [6.07, 6.45) is 4.33. The molecule has 0 aromatic heterocycles. The summed E-state index contributed by atoms with van der Waals surface area (Å²) in [4.78, 5) is 0. The summed E-state index contributed by atoms with van der Waals surface area (Å²) in [5, 5.41) is 8.43. The van der Waals surface area contributed by atoms with Crippen LogP contribution in [0.2, 0.25) is 0 Å². The van der Waals surface area contributed by atoms with E-state index in [1.807, 2.05) is 6.07 Å². The van der Waals surface area contributed by atoms with Crippen LogP contribution in [0.5, 0.6) is 0 Å². The molecular weight excluding hydrogens is 935 g/mol. The van der Waals surface area contributed by atoms with Gasteiger partial charge in [-0.2, -0.15) is 41.6 Å². The van der Waals surface area contributed by atoms with Crippen molar-refractivity contribution < 1.29 is 20.8 Å². The van der Waals surface area contributed by atoms with Crippen molar-refractivity contribution in [2.75, 3.05) is 0 Å². The Morgan fingerprint density at radius 2 is 0.909 bits per heavy atom. The number of hydrogen-bond acceptors (Lipinski definition) is 0. The van der Waals surface area contributed by atoms with Crippen molar-refractivity contribution >= 4 is 58.5 Å². The summed E-state index contributed by atoms with van der Waals surface area (Å²) in [6, 6.07) is 51.4. The van der Waals surface area contributed by atoms with Gasteiger partial charge in [0.2, 0.25) is 0 Å². The third kappa shape index (κ3) is 12.1. The maximum atomic E-state index is 4.93. The molecule has 8 aromatic carbocycles. The van der Waals surface area contributed by atoms with Gasteiger partial charge in [-0.05, 0) is 82.7 Å². The smallest absolute Gasteiger partial charge is 0.0920 e. The Balaban J connectivity index is 0.000000166. The molecule has 8 aromatic rings. The minimum Gasteiger partial charge on any atom is -0.184 e. The number of halogens is 2. The zero-order chi connectivity index (χ0) is 47.7. The van der Waals surface area contributed by atoms with Gasteiger partial charge >= 0.3 is 37.9 Å². The van der Waals surface area contributed by atoms with Crippen molar-refractivity contribution in [2.24, 2.45) is 0 Å². The molecule has 0 nitrogen and oxygen atoms in total. The molecule has 0 spiro atoms. The van der Waals surface area contributed by atoms with Crippen LogP contribution < -0.4 is 10.4 Å². The molecule has 0 saturated carbocycles. The minimum absolute atomic E-state index is 0.549. The second-order valence-electron chi connectivity index (χ2n) is 18.9. The van der Waals surface area contributed by atoms with Crippen LogP contribution in [0.4, 0.5) is 0 Å². The molecule has 0 amide bonds. The molecule has 66 heavy (non-hydrogen) atoms. The number of aryl methyl sites for hydroxylation is 4. The monoisotopic (exact) mass is 1000 g/mol. The normalized spacial score (nSPS) is 11.6. The van der Waals surface area contributed by atoms with E-state index in [0.717, 1.165) is 35.2 Å².